The topological polar surface area (TPSA) is 49.1 Å². The van der Waals surface area contributed by atoms with Crippen molar-refractivity contribution >= 4 is 11.4 Å². The van der Waals surface area contributed by atoms with Crippen LogP contribution in [0.15, 0.2) is 42.5 Å². The van der Waals surface area contributed by atoms with Crippen LogP contribution in [0, 0.1) is 12.7 Å². The van der Waals surface area contributed by atoms with Crippen LogP contribution in [-0.4, -0.2) is 9.30 Å². The van der Waals surface area contributed by atoms with E-state index in [4.69, 9.17) is 5.14 Å². The summed E-state index contributed by atoms with van der Waals surface area (Å²) in [6, 6.07) is 13.6. The number of aryl methyl sites for hydroxylation is 1. The molecule has 2 atom stereocenters. The smallest absolute Gasteiger partial charge is 0.140 e. The van der Waals surface area contributed by atoms with Gasteiger partial charge in [0.05, 0.1) is 0 Å². The highest BCUT2D eigenvalue weighted by Gasteiger charge is 2.35. The summed E-state index contributed by atoms with van der Waals surface area (Å²) in [4.78, 5) is 0. The van der Waals surface area contributed by atoms with Crippen LogP contribution in [0.4, 0.5) is 4.39 Å². The quantitative estimate of drug-likeness (QED) is 0.721. The van der Waals surface area contributed by atoms with Crippen LogP contribution >= 0.6 is 0 Å². The van der Waals surface area contributed by atoms with Gasteiger partial charge in [0.25, 0.3) is 0 Å². The molecule has 2 rings (SSSR count). The second-order valence-corrected chi connectivity index (χ2v) is 9.31. The molecule has 2 nitrogen and oxygen atoms in total. The summed E-state index contributed by atoms with van der Waals surface area (Å²) in [5.41, 5.74) is 3.88. The SMILES string of the molecule is Cc1ccccc1C(CC(C)(C)[S+](N)[O-])c1ccc(C(C)C)c(F)c1. The molecule has 2 N–H and O–H groups in total. The summed E-state index contributed by atoms with van der Waals surface area (Å²) in [5.74, 6) is -0.101. The molecule has 136 valence electrons. The van der Waals surface area contributed by atoms with Gasteiger partial charge in [-0.25, -0.2) is 4.39 Å². The lowest BCUT2D eigenvalue weighted by molar-refractivity contribution is 0.507. The number of nitrogens with two attached hydrogens (primary N) is 1. The first-order chi connectivity index (χ1) is 11.6. The van der Waals surface area contributed by atoms with Crippen molar-refractivity contribution in [3.8, 4) is 0 Å². The predicted molar refractivity (Wildman–Crippen MR) is 105 cm³/mol. The Morgan fingerprint density at radius 3 is 2.28 bits per heavy atom. The van der Waals surface area contributed by atoms with E-state index in [1.54, 1.807) is 6.07 Å². The first kappa shape index (κ1) is 20.0. The molecule has 2 aromatic rings. The largest absolute Gasteiger partial charge is 0.598 e. The minimum Gasteiger partial charge on any atom is -0.598 e. The highest BCUT2D eigenvalue weighted by Crippen LogP contribution is 2.37. The third-order valence-corrected chi connectivity index (χ3v) is 6.11. The number of rotatable bonds is 6. The molecule has 2 aromatic carbocycles. The Morgan fingerprint density at radius 2 is 1.76 bits per heavy atom. The summed E-state index contributed by atoms with van der Waals surface area (Å²) < 4.78 is 26.0. The van der Waals surface area contributed by atoms with E-state index in [0.717, 1.165) is 16.7 Å². The highest BCUT2D eigenvalue weighted by molar-refractivity contribution is 7.90. The molecule has 0 aliphatic carbocycles. The van der Waals surface area contributed by atoms with E-state index in [-0.39, 0.29) is 17.7 Å². The van der Waals surface area contributed by atoms with Crippen LogP contribution in [0.3, 0.4) is 0 Å². The molecule has 0 spiro atoms. The minimum atomic E-state index is -1.46. The molecule has 0 saturated heterocycles. The number of benzene rings is 2. The first-order valence-corrected chi connectivity index (χ1v) is 9.86. The fourth-order valence-corrected chi connectivity index (χ4v) is 3.52. The van der Waals surface area contributed by atoms with Crippen molar-refractivity contribution < 1.29 is 8.94 Å². The highest BCUT2D eigenvalue weighted by atomic mass is 32.2. The summed E-state index contributed by atoms with van der Waals surface area (Å²) in [7, 11) is 0. The molecular formula is C21H28FNOS. The van der Waals surface area contributed by atoms with Gasteiger partial charge in [-0.1, -0.05) is 50.2 Å². The molecule has 0 heterocycles. The van der Waals surface area contributed by atoms with Crippen molar-refractivity contribution in [2.75, 3.05) is 0 Å². The molecule has 0 bridgehead atoms. The Labute approximate surface area is 154 Å². The monoisotopic (exact) mass is 361 g/mol. The Morgan fingerprint density at radius 1 is 1.12 bits per heavy atom. The molecular weight excluding hydrogens is 333 g/mol. The van der Waals surface area contributed by atoms with E-state index in [9.17, 15) is 8.94 Å². The Balaban J connectivity index is 2.52. The Bertz CT molecular complexity index is 728. The van der Waals surface area contributed by atoms with E-state index in [1.165, 1.54) is 0 Å². The zero-order valence-electron chi connectivity index (χ0n) is 15.7. The van der Waals surface area contributed by atoms with Gasteiger partial charge in [0, 0.05) is 23.7 Å². The van der Waals surface area contributed by atoms with Crippen molar-refractivity contribution in [1.29, 1.82) is 0 Å². The van der Waals surface area contributed by atoms with Gasteiger partial charge in [-0.3, -0.25) is 0 Å². The van der Waals surface area contributed by atoms with Crippen LogP contribution in [0.1, 0.15) is 68.2 Å². The first-order valence-electron chi connectivity index (χ1n) is 8.64. The minimum absolute atomic E-state index is 0.0561. The lowest BCUT2D eigenvalue weighted by atomic mass is 9.81. The normalized spacial score (nSPS) is 14.6. The van der Waals surface area contributed by atoms with Crippen molar-refractivity contribution in [3.63, 3.8) is 0 Å². The van der Waals surface area contributed by atoms with Gasteiger partial charge in [-0.15, -0.1) is 0 Å². The van der Waals surface area contributed by atoms with E-state index in [2.05, 4.69) is 6.07 Å². The standard InChI is InChI=1S/C21H28FNOS/c1-14(2)17-11-10-16(12-20(17)22)19(13-21(4,5)25(23)24)18-9-7-6-8-15(18)3/h6-12,14,19H,13,23H2,1-5H3. The van der Waals surface area contributed by atoms with Crippen molar-refractivity contribution in [2.45, 2.75) is 57.6 Å². The molecule has 0 fully saturated rings. The van der Waals surface area contributed by atoms with E-state index in [0.29, 0.717) is 12.0 Å². The van der Waals surface area contributed by atoms with Gasteiger partial charge >= 0.3 is 0 Å². The summed E-state index contributed by atoms with van der Waals surface area (Å²) in [6.45, 7) is 9.81. The molecule has 0 saturated carbocycles. The molecule has 25 heavy (non-hydrogen) atoms. The van der Waals surface area contributed by atoms with Crippen LogP contribution in [-0.2, 0) is 11.4 Å². The molecule has 0 aliphatic rings. The predicted octanol–water partition coefficient (Wildman–Crippen LogP) is 5.18. The molecule has 4 heteroatoms. The van der Waals surface area contributed by atoms with Gasteiger partial charge in [-0.05, 0) is 55.0 Å². The molecule has 0 amide bonds. The van der Waals surface area contributed by atoms with E-state index < -0.39 is 16.1 Å². The van der Waals surface area contributed by atoms with Gasteiger partial charge in [0.15, 0.2) is 0 Å². The maximum atomic E-state index is 14.6. The molecule has 0 aliphatic heterocycles. The number of hydrogen-bond donors (Lipinski definition) is 1. The van der Waals surface area contributed by atoms with Crippen LogP contribution < -0.4 is 5.14 Å². The fraction of sp³-hybridized carbons (Fsp3) is 0.429. The zero-order chi connectivity index (χ0) is 18.8. The number of halogens is 1. The molecule has 0 radical (unpaired) electrons. The zero-order valence-corrected chi connectivity index (χ0v) is 16.5. The van der Waals surface area contributed by atoms with Gasteiger partial charge in [0.1, 0.15) is 10.6 Å². The van der Waals surface area contributed by atoms with Crippen molar-refractivity contribution in [2.24, 2.45) is 5.14 Å². The average molecular weight is 362 g/mol. The van der Waals surface area contributed by atoms with Crippen LogP contribution in [0.2, 0.25) is 0 Å². The Hall–Kier alpha value is -1.36. The fourth-order valence-electron chi connectivity index (χ4n) is 3.19. The summed E-state index contributed by atoms with van der Waals surface area (Å²) in [5, 5.41) is 5.70. The van der Waals surface area contributed by atoms with Gasteiger partial charge < -0.3 is 4.55 Å². The number of hydrogen-bond acceptors (Lipinski definition) is 2. The van der Waals surface area contributed by atoms with Crippen molar-refractivity contribution in [3.05, 3.63) is 70.5 Å². The average Bonchev–Trinajstić information content (AvgIpc) is 2.52. The second kappa shape index (κ2) is 7.90. The summed E-state index contributed by atoms with van der Waals surface area (Å²) >= 11 is -1.46. The van der Waals surface area contributed by atoms with Gasteiger partial charge in [0.2, 0.25) is 0 Å². The second-order valence-electron chi connectivity index (χ2n) is 7.61. The maximum Gasteiger partial charge on any atom is 0.140 e. The third-order valence-electron chi connectivity index (χ3n) is 4.85. The molecule has 2 unspecified atom stereocenters. The van der Waals surface area contributed by atoms with Crippen LogP contribution in [0.25, 0.3) is 0 Å². The van der Waals surface area contributed by atoms with Crippen LogP contribution in [0.5, 0.6) is 0 Å². The lowest BCUT2D eigenvalue weighted by Crippen LogP contribution is -2.39. The Kier molecular flexibility index (Phi) is 6.30. The summed E-state index contributed by atoms with van der Waals surface area (Å²) in [6.07, 6.45) is 0.585. The third kappa shape index (κ3) is 4.63. The van der Waals surface area contributed by atoms with E-state index in [1.807, 2.05) is 65.0 Å². The van der Waals surface area contributed by atoms with Crippen molar-refractivity contribution in [1.82, 2.24) is 0 Å². The van der Waals surface area contributed by atoms with E-state index >= 15 is 0 Å². The van der Waals surface area contributed by atoms with Gasteiger partial charge in [-0.2, -0.15) is 5.14 Å². The molecule has 0 aromatic heterocycles. The lowest BCUT2D eigenvalue weighted by Gasteiger charge is -2.30. The maximum absolute atomic E-state index is 14.6.